The number of aldehydes is 1. The zero-order valence-electron chi connectivity index (χ0n) is 15.7. The molecule has 0 amide bonds. The second-order valence-corrected chi connectivity index (χ2v) is 11.3. The highest BCUT2D eigenvalue weighted by atomic mass is 127. The lowest BCUT2D eigenvalue weighted by atomic mass is 10.5. The minimum Gasteiger partial charge on any atom is -0.368 e. The van der Waals surface area contributed by atoms with Gasteiger partial charge in [-0.25, -0.2) is 0 Å². The fraction of sp³-hybridized carbons (Fsp3) is 0.188. The molecule has 0 bridgehead atoms. The van der Waals surface area contributed by atoms with Crippen molar-refractivity contribution >= 4 is 67.8 Å². The van der Waals surface area contributed by atoms with Gasteiger partial charge in [0.2, 0.25) is 0 Å². The number of rotatable bonds is 1. The van der Waals surface area contributed by atoms with Gasteiger partial charge in [-0.1, -0.05) is 13.8 Å². The van der Waals surface area contributed by atoms with E-state index in [2.05, 4.69) is 71.3 Å². The van der Waals surface area contributed by atoms with Crippen LogP contribution in [-0.2, 0) is 4.57 Å². The average Bonchev–Trinajstić information content (AvgIpc) is 3.41. The molecular formula is C16H23Cl3FIN3O2P. The van der Waals surface area contributed by atoms with Crippen molar-refractivity contribution < 1.29 is 15.1 Å². The zero-order valence-corrected chi connectivity index (χ0v) is 20.0. The molecule has 3 aromatic rings. The van der Waals surface area contributed by atoms with Gasteiger partial charge in [0, 0.05) is 34.6 Å². The van der Waals surface area contributed by atoms with E-state index in [1.807, 2.05) is 69.0 Å². The molecule has 11 heteroatoms. The van der Waals surface area contributed by atoms with Crippen LogP contribution in [0.2, 0.25) is 0 Å². The Kier molecular flexibility index (Phi) is 24.6. The standard InChI is InChI=1S/C5H4INO.2C4H5N.C2H6.CH3F.Cl3OP/c6-4-1-2-7-5(4)3-8;2*1-2-4-5-3-1;2*1-2;1-5(2,3)4/h1-3,7H;2*1-5H;1-2H3;1H3;/i;;;;1D;. The molecule has 0 fully saturated rings. The quantitative estimate of drug-likeness (QED) is 0.157. The maximum atomic E-state index is 10.1. The molecule has 3 heterocycles. The van der Waals surface area contributed by atoms with E-state index in [9.17, 15) is 13.8 Å². The molecule has 0 spiro atoms. The summed E-state index contributed by atoms with van der Waals surface area (Å²) in [5.74, 6) is 0. The number of halogens is 5. The number of carbonyl (C=O) groups excluding carboxylic acids is 1. The van der Waals surface area contributed by atoms with Crippen LogP contribution in [0.3, 0.4) is 0 Å². The predicted octanol–water partition coefficient (Wildman–Crippen LogP) is 7.88. The van der Waals surface area contributed by atoms with Gasteiger partial charge in [0.1, 0.15) is 0 Å². The van der Waals surface area contributed by atoms with Crippen LogP contribution in [0, 0.1) is 3.57 Å². The van der Waals surface area contributed by atoms with Crippen LogP contribution >= 0.6 is 61.5 Å². The minimum absolute atomic E-state index is 0.658. The molecule has 0 aliphatic carbocycles. The number of hydrogen-bond acceptors (Lipinski definition) is 2. The van der Waals surface area contributed by atoms with Crippen molar-refractivity contribution in [3.8, 4) is 0 Å². The second-order valence-electron chi connectivity index (χ2n) is 3.53. The molecule has 0 atom stereocenters. The van der Waals surface area contributed by atoms with Gasteiger partial charge in [-0.15, -0.1) is 0 Å². The number of alkyl halides is 1. The molecule has 0 radical (unpaired) electrons. The van der Waals surface area contributed by atoms with Crippen molar-refractivity contribution in [2.24, 2.45) is 0 Å². The van der Waals surface area contributed by atoms with Crippen LogP contribution in [0.15, 0.2) is 61.3 Å². The third kappa shape index (κ3) is 30.2. The highest BCUT2D eigenvalue weighted by Gasteiger charge is 2.03. The Morgan fingerprint density at radius 3 is 1.48 bits per heavy atom. The fourth-order valence-corrected chi connectivity index (χ4v) is 1.47. The van der Waals surface area contributed by atoms with Gasteiger partial charge in [-0.05, 0) is 86.6 Å². The average molecular weight is 574 g/mol. The summed E-state index contributed by atoms with van der Waals surface area (Å²) in [5, 5.41) is -3.22. The summed E-state index contributed by atoms with van der Waals surface area (Å²) in [7, 11) is -1.00. The summed E-state index contributed by atoms with van der Waals surface area (Å²) in [6.07, 6.45) is 10.0. The highest BCUT2D eigenvalue weighted by molar-refractivity contribution is 14.1. The van der Waals surface area contributed by atoms with Crippen molar-refractivity contribution in [2.45, 2.75) is 13.8 Å². The molecule has 154 valence electrons. The minimum atomic E-state index is -3.22. The maximum absolute atomic E-state index is 10.1. The predicted molar refractivity (Wildman–Crippen MR) is 124 cm³/mol. The first kappa shape index (κ1) is 28.5. The molecule has 5 nitrogen and oxygen atoms in total. The summed E-state index contributed by atoms with van der Waals surface area (Å²) >= 11 is 15.9. The Morgan fingerprint density at radius 2 is 1.37 bits per heavy atom. The van der Waals surface area contributed by atoms with E-state index in [1.54, 1.807) is 6.20 Å². The van der Waals surface area contributed by atoms with E-state index in [1.165, 1.54) is 0 Å². The van der Waals surface area contributed by atoms with E-state index in [-0.39, 0.29) is 0 Å². The van der Waals surface area contributed by atoms with Crippen LogP contribution in [-0.4, -0.2) is 28.4 Å². The normalized spacial score (nSPS) is 8.78. The molecule has 3 rings (SSSR count). The number of nitrogens with one attached hydrogen (secondary N) is 3. The third-order valence-electron chi connectivity index (χ3n) is 1.84. The summed E-state index contributed by atoms with van der Waals surface area (Å²) in [6.45, 7) is 4.00. The van der Waals surface area contributed by atoms with E-state index in [0.29, 0.717) is 5.69 Å². The first-order chi connectivity index (χ1) is 13.3. The van der Waals surface area contributed by atoms with Gasteiger partial charge < -0.3 is 15.0 Å². The van der Waals surface area contributed by atoms with E-state index in [4.69, 9.17) is 1.37 Å². The summed E-state index contributed by atoms with van der Waals surface area (Å²) < 4.78 is 26.0. The van der Waals surface area contributed by atoms with Crippen LogP contribution in [0.4, 0.5) is 4.39 Å². The molecule has 0 aliphatic heterocycles. The van der Waals surface area contributed by atoms with Crippen LogP contribution < -0.4 is 0 Å². The van der Waals surface area contributed by atoms with Gasteiger partial charge in [-0.3, -0.25) is 13.8 Å². The van der Waals surface area contributed by atoms with E-state index in [0.717, 1.165) is 9.86 Å². The van der Waals surface area contributed by atoms with Crippen molar-refractivity contribution in [2.75, 3.05) is 7.15 Å². The van der Waals surface area contributed by atoms with Gasteiger partial charge in [0.05, 0.1) is 14.2 Å². The Morgan fingerprint density at radius 1 is 1.04 bits per heavy atom. The first-order valence-corrected chi connectivity index (χ1v) is 12.7. The number of hydrogen-bond donors (Lipinski definition) is 3. The number of aromatic amines is 3. The number of H-pyrrole nitrogens is 3. The largest absolute Gasteiger partial charge is 0.368 e. The zero-order chi connectivity index (χ0) is 22.3. The molecule has 0 aliphatic rings. The second kappa shape index (κ2) is 23.3. The van der Waals surface area contributed by atoms with E-state index < -0.39 is 12.4 Å². The lowest BCUT2D eigenvalue weighted by Crippen LogP contribution is -1.78. The smallest absolute Gasteiger partial charge is 0.339 e. The van der Waals surface area contributed by atoms with Crippen LogP contribution in [0.5, 0.6) is 0 Å². The highest BCUT2D eigenvalue weighted by Crippen LogP contribution is 2.61. The Bertz CT molecular complexity index is 614. The van der Waals surface area contributed by atoms with Crippen molar-refractivity contribution in [3.05, 3.63) is 70.6 Å². The fourth-order valence-electron chi connectivity index (χ4n) is 1.01. The Labute approximate surface area is 188 Å². The first-order valence-electron chi connectivity index (χ1n) is 7.94. The molecule has 0 saturated heterocycles. The summed E-state index contributed by atoms with van der Waals surface area (Å²) in [4.78, 5) is 18.6. The topological polar surface area (TPSA) is 81.5 Å². The lowest BCUT2D eigenvalue weighted by Gasteiger charge is -1.78. The molecule has 3 N–H and O–H groups in total. The van der Waals surface area contributed by atoms with E-state index >= 15 is 0 Å². The molecule has 0 unspecified atom stereocenters. The number of carbonyl (C=O) groups is 1. The Balaban J connectivity index is -0.000000282. The van der Waals surface area contributed by atoms with Gasteiger partial charge in [0.25, 0.3) is 0 Å². The lowest BCUT2D eigenvalue weighted by molar-refractivity contribution is 0.111. The Hall–Kier alpha value is -0.730. The number of aromatic nitrogens is 3. The van der Waals surface area contributed by atoms with Crippen LogP contribution in [0.1, 0.15) is 25.7 Å². The van der Waals surface area contributed by atoms with Crippen molar-refractivity contribution in [1.29, 1.82) is 0 Å². The molecule has 0 saturated carbocycles. The maximum Gasteiger partial charge on any atom is 0.339 e. The molecule has 3 aromatic heterocycles. The van der Waals surface area contributed by atoms with Gasteiger partial charge in [0.15, 0.2) is 6.29 Å². The van der Waals surface area contributed by atoms with Crippen molar-refractivity contribution in [3.63, 3.8) is 0 Å². The molecular weight excluding hydrogens is 549 g/mol. The molecule has 0 aromatic carbocycles. The SMILES string of the molecule is CC.O=Cc1[nH]ccc1I.O=P(Cl)(Cl)Cl.[2H]CF.c1cc[nH]c1.c1cc[nH]c1. The summed E-state index contributed by atoms with van der Waals surface area (Å²) in [5.41, 5.74) is 0.658. The van der Waals surface area contributed by atoms with Crippen molar-refractivity contribution in [1.82, 2.24) is 15.0 Å². The van der Waals surface area contributed by atoms with Crippen LogP contribution in [0.25, 0.3) is 0 Å². The summed E-state index contributed by atoms with van der Waals surface area (Å²) in [6, 6.07) is 9.63. The van der Waals surface area contributed by atoms with Gasteiger partial charge in [-0.2, -0.15) is 0 Å². The molecule has 27 heavy (non-hydrogen) atoms. The third-order valence-corrected chi connectivity index (χ3v) is 2.78. The monoisotopic (exact) mass is 572 g/mol. The van der Waals surface area contributed by atoms with Gasteiger partial charge >= 0.3 is 5.20 Å².